The third-order valence-corrected chi connectivity index (χ3v) is 3.76. The number of carbonyl (C=O) groups is 2. The molecule has 110 valence electrons. The molecule has 0 spiro atoms. The van der Waals surface area contributed by atoms with Crippen molar-refractivity contribution in [1.82, 2.24) is 15.5 Å². The summed E-state index contributed by atoms with van der Waals surface area (Å²) < 4.78 is 0. The van der Waals surface area contributed by atoms with Gasteiger partial charge in [-0.25, -0.2) is 0 Å². The molecule has 0 saturated carbocycles. The van der Waals surface area contributed by atoms with Crippen LogP contribution in [0.25, 0.3) is 0 Å². The molecule has 1 aliphatic rings. The lowest BCUT2D eigenvalue weighted by Crippen LogP contribution is -2.52. The van der Waals surface area contributed by atoms with Crippen LogP contribution >= 0.6 is 0 Å². The SMILES string of the molecule is CCCC1(C(=O)N(C)CC(=O)NCC)CCCNC1. The topological polar surface area (TPSA) is 61.4 Å². The Morgan fingerprint density at radius 1 is 1.37 bits per heavy atom. The first-order valence-electron chi connectivity index (χ1n) is 7.28. The number of nitrogens with zero attached hydrogens (tertiary/aromatic N) is 1. The molecule has 1 atom stereocenters. The van der Waals surface area contributed by atoms with Gasteiger partial charge >= 0.3 is 0 Å². The maximum Gasteiger partial charge on any atom is 0.239 e. The summed E-state index contributed by atoms with van der Waals surface area (Å²) >= 11 is 0. The van der Waals surface area contributed by atoms with Gasteiger partial charge in [0, 0.05) is 20.1 Å². The van der Waals surface area contributed by atoms with Crippen molar-refractivity contribution in [3.05, 3.63) is 0 Å². The van der Waals surface area contributed by atoms with E-state index in [1.807, 2.05) is 6.92 Å². The lowest BCUT2D eigenvalue weighted by Gasteiger charge is -2.38. The van der Waals surface area contributed by atoms with E-state index in [0.29, 0.717) is 6.54 Å². The van der Waals surface area contributed by atoms with Gasteiger partial charge < -0.3 is 15.5 Å². The molecule has 0 aliphatic carbocycles. The van der Waals surface area contributed by atoms with Crippen molar-refractivity contribution in [2.24, 2.45) is 5.41 Å². The standard InChI is InChI=1S/C14H27N3O2/c1-4-7-14(8-6-9-15-11-14)13(19)17(3)10-12(18)16-5-2/h15H,4-11H2,1-3H3,(H,16,18). The second-order valence-corrected chi connectivity index (χ2v) is 5.43. The monoisotopic (exact) mass is 269 g/mol. The maximum atomic E-state index is 12.7. The summed E-state index contributed by atoms with van der Waals surface area (Å²) in [6.45, 7) is 6.45. The van der Waals surface area contributed by atoms with Gasteiger partial charge in [0.05, 0.1) is 12.0 Å². The average Bonchev–Trinajstić information content (AvgIpc) is 2.39. The minimum absolute atomic E-state index is 0.0891. The van der Waals surface area contributed by atoms with Gasteiger partial charge in [-0.2, -0.15) is 0 Å². The van der Waals surface area contributed by atoms with E-state index in [1.165, 1.54) is 0 Å². The molecule has 1 unspecified atom stereocenters. The fourth-order valence-electron chi connectivity index (χ4n) is 2.89. The van der Waals surface area contributed by atoms with Crippen molar-refractivity contribution >= 4 is 11.8 Å². The molecular formula is C14H27N3O2. The van der Waals surface area contributed by atoms with Crippen LogP contribution in [0.1, 0.15) is 39.5 Å². The highest BCUT2D eigenvalue weighted by molar-refractivity contribution is 5.88. The Morgan fingerprint density at radius 3 is 2.63 bits per heavy atom. The summed E-state index contributed by atoms with van der Waals surface area (Å²) in [4.78, 5) is 25.8. The lowest BCUT2D eigenvalue weighted by molar-refractivity contribution is -0.145. The summed E-state index contributed by atoms with van der Waals surface area (Å²) in [5.41, 5.74) is -0.311. The Balaban J connectivity index is 2.67. The summed E-state index contributed by atoms with van der Waals surface area (Å²) in [7, 11) is 1.73. The fourth-order valence-corrected chi connectivity index (χ4v) is 2.89. The van der Waals surface area contributed by atoms with E-state index in [0.717, 1.165) is 38.8 Å². The van der Waals surface area contributed by atoms with Gasteiger partial charge in [-0.3, -0.25) is 9.59 Å². The molecule has 1 rings (SSSR count). The Kier molecular flexibility index (Phi) is 6.28. The van der Waals surface area contributed by atoms with Crippen LogP contribution in [0.4, 0.5) is 0 Å². The van der Waals surface area contributed by atoms with E-state index in [4.69, 9.17) is 0 Å². The van der Waals surface area contributed by atoms with Crippen LogP contribution in [0.5, 0.6) is 0 Å². The zero-order valence-corrected chi connectivity index (χ0v) is 12.4. The Labute approximate surface area is 116 Å². The first kappa shape index (κ1) is 16.0. The maximum absolute atomic E-state index is 12.7. The number of rotatable bonds is 6. The van der Waals surface area contributed by atoms with E-state index in [-0.39, 0.29) is 23.8 Å². The van der Waals surface area contributed by atoms with Crippen molar-refractivity contribution in [1.29, 1.82) is 0 Å². The summed E-state index contributed by atoms with van der Waals surface area (Å²) in [6, 6.07) is 0. The number of carbonyl (C=O) groups excluding carboxylic acids is 2. The molecule has 0 bridgehead atoms. The summed E-state index contributed by atoms with van der Waals surface area (Å²) in [5.74, 6) is 0.0153. The van der Waals surface area contributed by atoms with E-state index < -0.39 is 0 Å². The Bertz CT molecular complexity index is 306. The van der Waals surface area contributed by atoms with Crippen LogP contribution in [0.2, 0.25) is 0 Å². The van der Waals surface area contributed by atoms with Gasteiger partial charge in [-0.15, -0.1) is 0 Å². The molecule has 1 heterocycles. The number of amides is 2. The van der Waals surface area contributed by atoms with Crippen LogP contribution in [0, 0.1) is 5.41 Å². The van der Waals surface area contributed by atoms with Gasteiger partial charge in [-0.05, 0) is 32.7 Å². The molecule has 19 heavy (non-hydrogen) atoms. The molecule has 1 aliphatic heterocycles. The number of hydrogen-bond acceptors (Lipinski definition) is 3. The molecule has 2 N–H and O–H groups in total. The lowest BCUT2D eigenvalue weighted by atomic mass is 9.76. The van der Waals surface area contributed by atoms with Crippen molar-refractivity contribution in [2.75, 3.05) is 33.2 Å². The zero-order valence-electron chi connectivity index (χ0n) is 12.4. The van der Waals surface area contributed by atoms with Gasteiger partial charge in [0.15, 0.2) is 0 Å². The predicted octanol–water partition coefficient (Wildman–Crippen LogP) is 0.751. The predicted molar refractivity (Wildman–Crippen MR) is 75.8 cm³/mol. The average molecular weight is 269 g/mol. The third kappa shape index (κ3) is 4.20. The van der Waals surface area contributed by atoms with Crippen LogP contribution < -0.4 is 10.6 Å². The molecule has 0 radical (unpaired) electrons. The molecule has 1 fully saturated rings. The number of likely N-dealkylation sites (N-methyl/N-ethyl adjacent to an activating group) is 2. The highest BCUT2D eigenvalue weighted by Gasteiger charge is 2.40. The number of piperidine rings is 1. The number of hydrogen-bond donors (Lipinski definition) is 2. The van der Waals surface area contributed by atoms with Gasteiger partial charge in [0.1, 0.15) is 0 Å². The van der Waals surface area contributed by atoms with Crippen molar-refractivity contribution in [2.45, 2.75) is 39.5 Å². The van der Waals surface area contributed by atoms with E-state index in [1.54, 1.807) is 11.9 Å². The van der Waals surface area contributed by atoms with Crippen LogP contribution in [0.15, 0.2) is 0 Å². The van der Waals surface area contributed by atoms with Gasteiger partial charge in [0.25, 0.3) is 0 Å². The molecule has 5 heteroatoms. The third-order valence-electron chi connectivity index (χ3n) is 3.76. The Morgan fingerprint density at radius 2 is 2.11 bits per heavy atom. The largest absolute Gasteiger partial charge is 0.355 e. The van der Waals surface area contributed by atoms with Crippen LogP contribution in [-0.2, 0) is 9.59 Å². The van der Waals surface area contributed by atoms with Crippen molar-refractivity contribution in [3.63, 3.8) is 0 Å². The summed E-state index contributed by atoms with van der Waals surface area (Å²) in [6.07, 6.45) is 3.83. The first-order chi connectivity index (χ1) is 9.05. The second-order valence-electron chi connectivity index (χ2n) is 5.43. The van der Waals surface area contributed by atoms with Crippen LogP contribution in [0.3, 0.4) is 0 Å². The van der Waals surface area contributed by atoms with E-state index in [2.05, 4.69) is 17.6 Å². The molecule has 2 amide bonds. The molecule has 1 saturated heterocycles. The van der Waals surface area contributed by atoms with Crippen molar-refractivity contribution in [3.8, 4) is 0 Å². The highest BCUT2D eigenvalue weighted by Crippen LogP contribution is 2.33. The van der Waals surface area contributed by atoms with Gasteiger partial charge in [-0.1, -0.05) is 13.3 Å². The van der Waals surface area contributed by atoms with Crippen molar-refractivity contribution < 1.29 is 9.59 Å². The fraction of sp³-hybridized carbons (Fsp3) is 0.857. The molecule has 5 nitrogen and oxygen atoms in total. The van der Waals surface area contributed by atoms with E-state index in [9.17, 15) is 9.59 Å². The number of nitrogens with one attached hydrogen (secondary N) is 2. The zero-order chi connectivity index (χ0) is 14.3. The highest BCUT2D eigenvalue weighted by atomic mass is 16.2. The molecule has 0 aromatic heterocycles. The van der Waals surface area contributed by atoms with Gasteiger partial charge in [0.2, 0.25) is 11.8 Å². The minimum atomic E-state index is -0.311. The normalized spacial score (nSPS) is 22.9. The van der Waals surface area contributed by atoms with E-state index >= 15 is 0 Å². The molecule has 0 aromatic carbocycles. The Hall–Kier alpha value is -1.10. The first-order valence-corrected chi connectivity index (χ1v) is 7.28. The quantitative estimate of drug-likeness (QED) is 0.748. The second kappa shape index (κ2) is 7.48. The van der Waals surface area contributed by atoms with Crippen LogP contribution in [-0.4, -0.2) is 49.9 Å². The minimum Gasteiger partial charge on any atom is -0.355 e. The molecular weight excluding hydrogens is 242 g/mol. The summed E-state index contributed by atoms with van der Waals surface area (Å²) in [5, 5.41) is 6.06. The smallest absolute Gasteiger partial charge is 0.239 e. The molecule has 0 aromatic rings.